The molecule has 0 fully saturated rings. The summed E-state index contributed by atoms with van der Waals surface area (Å²) < 4.78 is 1.92. The summed E-state index contributed by atoms with van der Waals surface area (Å²) in [6.45, 7) is 2.09. The van der Waals surface area contributed by atoms with Crippen LogP contribution in [-0.2, 0) is 0 Å². The normalized spacial score (nSPS) is 12.2. The van der Waals surface area contributed by atoms with E-state index in [1.165, 1.54) is 5.56 Å². The zero-order chi connectivity index (χ0) is 13.1. The molecular weight excluding hydrogens is 379 g/mol. The molecule has 1 aromatic carbocycles. The van der Waals surface area contributed by atoms with Crippen molar-refractivity contribution >= 4 is 49.3 Å². The molecular formula is C13H11Br2ClN2. The summed E-state index contributed by atoms with van der Waals surface area (Å²) in [5.74, 6) is 0.784. The molecule has 2 aromatic rings. The molecule has 2 nitrogen and oxygen atoms in total. The smallest absolute Gasteiger partial charge is 0.140 e. The van der Waals surface area contributed by atoms with E-state index in [0.717, 1.165) is 14.8 Å². The number of hydrogen-bond acceptors (Lipinski definition) is 2. The van der Waals surface area contributed by atoms with Crippen molar-refractivity contribution in [3.05, 3.63) is 56.1 Å². The van der Waals surface area contributed by atoms with Crippen LogP contribution in [0.5, 0.6) is 0 Å². The molecule has 1 aromatic heterocycles. The van der Waals surface area contributed by atoms with Crippen LogP contribution in [0.4, 0.5) is 5.82 Å². The van der Waals surface area contributed by atoms with Gasteiger partial charge < -0.3 is 5.32 Å². The molecule has 1 unspecified atom stereocenters. The third kappa shape index (κ3) is 3.46. The topological polar surface area (TPSA) is 24.9 Å². The summed E-state index contributed by atoms with van der Waals surface area (Å²) in [6.07, 6.45) is 1.63. The third-order valence-corrected chi connectivity index (χ3v) is 3.81. The van der Waals surface area contributed by atoms with Crippen LogP contribution in [0.15, 0.2) is 45.5 Å². The van der Waals surface area contributed by atoms with Gasteiger partial charge in [0.1, 0.15) is 5.82 Å². The van der Waals surface area contributed by atoms with Crippen LogP contribution in [0, 0.1) is 0 Å². The van der Waals surface area contributed by atoms with E-state index < -0.39 is 0 Å². The Bertz CT molecular complexity index is 560. The Morgan fingerprint density at radius 2 is 2.06 bits per heavy atom. The molecule has 0 saturated heterocycles. The maximum Gasteiger partial charge on any atom is 0.140 e. The highest BCUT2D eigenvalue weighted by atomic mass is 79.9. The quantitative estimate of drug-likeness (QED) is 0.756. The zero-order valence-electron chi connectivity index (χ0n) is 9.62. The monoisotopic (exact) mass is 388 g/mol. The van der Waals surface area contributed by atoms with Crippen LogP contribution >= 0.6 is 43.5 Å². The van der Waals surface area contributed by atoms with Crippen molar-refractivity contribution in [2.75, 3.05) is 5.32 Å². The fourth-order valence-electron chi connectivity index (χ4n) is 1.59. The molecule has 18 heavy (non-hydrogen) atoms. The molecule has 0 saturated carbocycles. The predicted molar refractivity (Wildman–Crippen MR) is 83.1 cm³/mol. The minimum absolute atomic E-state index is 0.160. The highest BCUT2D eigenvalue weighted by molar-refractivity contribution is 9.10. The van der Waals surface area contributed by atoms with Gasteiger partial charge in [0.15, 0.2) is 0 Å². The lowest BCUT2D eigenvalue weighted by Crippen LogP contribution is -2.08. The second-order valence-electron chi connectivity index (χ2n) is 3.90. The van der Waals surface area contributed by atoms with Crippen molar-refractivity contribution in [1.82, 2.24) is 4.98 Å². The van der Waals surface area contributed by atoms with Gasteiger partial charge in [-0.15, -0.1) is 0 Å². The van der Waals surface area contributed by atoms with Gasteiger partial charge in [-0.2, -0.15) is 0 Å². The fourth-order valence-corrected chi connectivity index (χ4v) is 2.76. The lowest BCUT2D eigenvalue weighted by molar-refractivity contribution is 0.872. The molecule has 0 bridgehead atoms. The summed E-state index contributed by atoms with van der Waals surface area (Å²) >= 11 is 12.8. The van der Waals surface area contributed by atoms with Crippen LogP contribution in [0.2, 0.25) is 5.02 Å². The summed E-state index contributed by atoms with van der Waals surface area (Å²) in [7, 11) is 0. The van der Waals surface area contributed by atoms with E-state index in [1.54, 1.807) is 6.20 Å². The van der Waals surface area contributed by atoms with Crippen LogP contribution in [0.1, 0.15) is 18.5 Å². The molecule has 0 spiro atoms. The number of benzene rings is 1. The van der Waals surface area contributed by atoms with E-state index in [4.69, 9.17) is 11.6 Å². The van der Waals surface area contributed by atoms with Crippen molar-refractivity contribution in [2.24, 2.45) is 0 Å². The Morgan fingerprint density at radius 1 is 1.28 bits per heavy atom. The number of rotatable bonds is 3. The molecule has 0 amide bonds. The molecule has 1 heterocycles. The van der Waals surface area contributed by atoms with Crippen molar-refractivity contribution in [1.29, 1.82) is 0 Å². The third-order valence-electron chi connectivity index (χ3n) is 2.51. The average molecular weight is 391 g/mol. The first-order valence-electron chi connectivity index (χ1n) is 5.39. The summed E-state index contributed by atoms with van der Waals surface area (Å²) in [5.41, 5.74) is 1.19. The van der Waals surface area contributed by atoms with Gasteiger partial charge in [-0.1, -0.05) is 39.7 Å². The average Bonchev–Trinajstić information content (AvgIpc) is 2.32. The van der Waals surface area contributed by atoms with Crippen LogP contribution in [0.3, 0.4) is 0 Å². The Balaban J connectivity index is 2.18. The van der Waals surface area contributed by atoms with E-state index in [0.29, 0.717) is 5.02 Å². The van der Waals surface area contributed by atoms with Crippen molar-refractivity contribution in [2.45, 2.75) is 13.0 Å². The summed E-state index contributed by atoms with van der Waals surface area (Å²) in [5, 5.41) is 3.96. The van der Waals surface area contributed by atoms with Crippen LogP contribution < -0.4 is 5.32 Å². The summed E-state index contributed by atoms with van der Waals surface area (Å²) in [4.78, 5) is 4.26. The van der Waals surface area contributed by atoms with Gasteiger partial charge in [-0.05, 0) is 46.6 Å². The van der Waals surface area contributed by atoms with Gasteiger partial charge in [-0.25, -0.2) is 4.98 Å². The number of anilines is 1. The molecule has 0 aliphatic heterocycles. The van der Waals surface area contributed by atoms with E-state index in [2.05, 4.69) is 61.2 Å². The van der Waals surface area contributed by atoms with Gasteiger partial charge in [0, 0.05) is 10.7 Å². The van der Waals surface area contributed by atoms with Crippen LogP contribution in [-0.4, -0.2) is 4.98 Å². The van der Waals surface area contributed by atoms with E-state index in [9.17, 15) is 0 Å². The van der Waals surface area contributed by atoms with E-state index in [-0.39, 0.29) is 6.04 Å². The number of pyridine rings is 1. The van der Waals surface area contributed by atoms with Gasteiger partial charge >= 0.3 is 0 Å². The number of aromatic nitrogens is 1. The van der Waals surface area contributed by atoms with Gasteiger partial charge in [0.2, 0.25) is 0 Å². The van der Waals surface area contributed by atoms with Crippen LogP contribution in [0.25, 0.3) is 0 Å². The standard InChI is InChI=1S/C13H11Br2ClN2/c1-8(9-3-2-4-10(14)5-9)18-13-12(15)6-11(16)7-17-13/h2-8H,1H3,(H,17,18). The maximum atomic E-state index is 5.86. The molecule has 0 aliphatic rings. The molecule has 0 radical (unpaired) electrons. The number of halogens is 3. The second-order valence-corrected chi connectivity index (χ2v) is 6.11. The first-order chi connectivity index (χ1) is 8.56. The minimum atomic E-state index is 0.160. The minimum Gasteiger partial charge on any atom is -0.363 e. The van der Waals surface area contributed by atoms with Gasteiger partial charge in [0.05, 0.1) is 15.5 Å². The first-order valence-corrected chi connectivity index (χ1v) is 7.35. The highest BCUT2D eigenvalue weighted by Gasteiger charge is 2.09. The molecule has 94 valence electrons. The predicted octanol–water partition coefficient (Wildman–Crippen LogP) is 5.43. The van der Waals surface area contributed by atoms with Crippen molar-refractivity contribution in [3.8, 4) is 0 Å². The SMILES string of the molecule is CC(Nc1ncc(Cl)cc1Br)c1cccc(Br)c1. The Hall–Kier alpha value is -0.580. The van der Waals surface area contributed by atoms with Gasteiger partial charge in [-0.3, -0.25) is 0 Å². The number of nitrogens with zero attached hydrogens (tertiary/aromatic N) is 1. The first kappa shape index (κ1) is 13.8. The Kier molecular flexibility index (Phi) is 4.65. The lowest BCUT2D eigenvalue weighted by atomic mass is 10.1. The second kappa shape index (κ2) is 6.04. The molecule has 0 aliphatic carbocycles. The number of hydrogen-bond donors (Lipinski definition) is 1. The molecule has 1 atom stereocenters. The fraction of sp³-hybridized carbons (Fsp3) is 0.154. The molecule has 5 heteroatoms. The van der Waals surface area contributed by atoms with Crippen molar-refractivity contribution < 1.29 is 0 Å². The zero-order valence-corrected chi connectivity index (χ0v) is 13.6. The Labute approximate surface area is 128 Å². The highest BCUT2D eigenvalue weighted by Crippen LogP contribution is 2.27. The molecule has 1 N–H and O–H groups in total. The number of nitrogens with one attached hydrogen (secondary N) is 1. The Morgan fingerprint density at radius 3 is 2.72 bits per heavy atom. The molecule has 2 rings (SSSR count). The van der Waals surface area contributed by atoms with E-state index in [1.807, 2.05) is 18.2 Å². The lowest BCUT2D eigenvalue weighted by Gasteiger charge is -2.16. The van der Waals surface area contributed by atoms with E-state index >= 15 is 0 Å². The largest absolute Gasteiger partial charge is 0.363 e. The maximum absolute atomic E-state index is 5.86. The summed E-state index contributed by atoms with van der Waals surface area (Å²) in [6, 6.07) is 10.2. The van der Waals surface area contributed by atoms with Crippen molar-refractivity contribution in [3.63, 3.8) is 0 Å². The van der Waals surface area contributed by atoms with Gasteiger partial charge in [0.25, 0.3) is 0 Å².